The van der Waals surface area contributed by atoms with E-state index in [1.54, 1.807) is 24.3 Å². The van der Waals surface area contributed by atoms with Crippen molar-refractivity contribution in [1.82, 2.24) is 15.3 Å². The lowest BCUT2D eigenvalue weighted by atomic mass is 9.89. The van der Waals surface area contributed by atoms with Gasteiger partial charge in [0, 0.05) is 22.0 Å². The minimum atomic E-state index is -0.304. The van der Waals surface area contributed by atoms with Crippen LogP contribution in [0, 0.1) is 11.7 Å². The van der Waals surface area contributed by atoms with E-state index in [1.807, 2.05) is 36.4 Å². The van der Waals surface area contributed by atoms with Crippen molar-refractivity contribution in [2.24, 2.45) is 5.92 Å². The van der Waals surface area contributed by atoms with Gasteiger partial charge in [0.05, 0.1) is 17.1 Å². The second kappa shape index (κ2) is 13.1. The minimum Gasteiger partial charge on any atom is -0.487 e. The zero-order chi connectivity index (χ0) is 28.9. The summed E-state index contributed by atoms with van der Waals surface area (Å²) in [5.41, 5.74) is 3.20. The third kappa shape index (κ3) is 7.04. The summed E-state index contributed by atoms with van der Waals surface area (Å²) in [5, 5.41) is 8.47. The van der Waals surface area contributed by atoms with Crippen molar-refractivity contribution in [1.29, 1.82) is 0 Å². The normalized spacial score (nSPS) is 16.9. The van der Waals surface area contributed by atoms with Gasteiger partial charge >= 0.3 is 0 Å². The summed E-state index contributed by atoms with van der Waals surface area (Å²) >= 11 is 12.9. The van der Waals surface area contributed by atoms with Crippen molar-refractivity contribution >= 4 is 45.6 Å². The van der Waals surface area contributed by atoms with Crippen molar-refractivity contribution < 1.29 is 13.5 Å². The first-order valence-electron chi connectivity index (χ1n) is 14.1. The summed E-state index contributed by atoms with van der Waals surface area (Å²) in [4.78, 5) is 8.92. The van der Waals surface area contributed by atoms with Gasteiger partial charge in [-0.1, -0.05) is 30.2 Å². The van der Waals surface area contributed by atoms with Crippen molar-refractivity contribution in [3.8, 4) is 17.1 Å². The number of fused-ring (bicyclic) bond motifs is 1. The first-order valence-corrected chi connectivity index (χ1v) is 14.9. The molecule has 1 saturated carbocycles. The average Bonchev–Trinajstić information content (AvgIpc) is 3.46. The molecule has 6 nitrogen and oxygen atoms in total. The second-order valence-electron chi connectivity index (χ2n) is 10.7. The summed E-state index contributed by atoms with van der Waals surface area (Å²) in [6.07, 6.45) is 6.17. The Labute approximate surface area is 254 Å². The van der Waals surface area contributed by atoms with Crippen LogP contribution in [0.1, 0.15) is 37.0 Å². The molecular weight excluding hydrogens is 574 g/mol. The number of nitrogens with one attached hydrogen (secondary N) is 2. The molecule has 5 aromatic rings. The van der Waals surface area contributed by atoms with E-state index in [1.165, 1.54) is 31.3 Å². The van der Waals surface area contributed by atoms with E-state index in [2.05, 4.69) is 20.6 Å². The van der Waals surface area contributed by atoms with Crippen molar-refractivity contribution in [3.05, 3.63) is 101 Å². The summed E-state index contributed by atoms with van der Waals surface area (Å²) in [6, 6.07) is 21.7. The molecule has 2 unspecified atom stereocenters. The van der Waals surface area contributed by atoms with Gasteiger partial charge in [0.15, 0.2) is 0 Å². The third-order valence-electron chi connectivity index (χ3n) is 7.51. The number of nitrogens with zero attached hydrogens (tertiary/aromatic N) is 2. The Morgan fingerprint density at radius 1 is 1.00 bits per heavy atom. The third-order valence-corrected chi connectivity index (χ3v) is 8.20. The second-order valence-corrected chi connectivity index (χ2v) is 11.7. The number of aromatic nitrogens is 2. The van der Waals surface area contributed by atoms with Crippen LogP contribution in [0.15, 0.2) is 83.5 Å². The molecule has 216 valence electrons. The van der Waals surface area contributed by atoms with E-state index < -0.39 is 0 Å². The standard InChI is InChI=1S/C33H31Cl2FN4O2/c34-24-5-1-3-21(13-24)17-37-18-27-9-12-31(42-27)23-7-10-30-28(15-23)33(39-20-38-30)40-26-8-11-32(29(35)16-26)41-19-22-4-2-6-25(36)14-22/h2,4,6-12,14-16,20-21,24,37H,1,3,5,13,17-19H2,(H,38,39,40). The quantitative estimate of drug-likeness (QED) is 0.155. The molecule has 6 rings (SSSR count). The fourth-order valence-electron chi connectivity index (χ4n) is 5.37. The predicted octanol–water partition coefficient (Wildman–Crippen LogP) is 8.89. The Hall–Kier alpha value is -3.65. The molecule has 1 fully saturated rings. The first kappa shape index (κ1) is 28.5. The van der Waals surface area contributed by atoms with E-state index in [-0.39, 0.29) is 12.4 Å². The van der Waals surface area contributed by atoms with Gasteiger partial charge in [0.1, 0.15) is 41.8 Å². The van der Waals surface area contributed by atoms with E-state index in [9.17, 15) is 4.39 Å². The molecule has 1 aliphatic rings. The van der Waals surface area contributed by atoms with Gasteiger partial charge in [0.25, 0.3) is 0 Å². The number of hydrogen-bond acceptors (Lipinski definition) is 6. The highest BCUT2D eigenvalue weighted by Gasteiger charge is 2.20. The van der Waals surface area contributed by atoms with Crippen molar-refractivity contribution in [2.75, 3.05) is 11.9 Å². The van der Waals surface area contributed by atoms with Crippen LogP contribution < -0.4 is 15.4 Å². The van der Waals surface area contributed by atoms with Gasteiger partial charge in [-0.05, 0) is 98.0 Å². The van der Waals surface area contributed by atoms with E-state index in [4.69, 9.17) is 32.4 Å². The lowest BCUT2D eigenvalue weighted by Gasteiger charge is -2.25. The van der Waals surface area contributed by atoms with Gasteiger partial charge in [-0.25, -0.2) is 14.4 Å². The van der Waals surface area contributed by atoms with Crippen LogP contribution in [0.5, 0.6) is 5.75 Å². The minimum absolute atomic E-state index is 0.211. The molecule has 2 heterocycles. The van der Waals surface area contributed by atoms with Crippen molar-refractivity contribution in [2.45, 2.75) is 44.2 Å². The Kier molecular flexibility index (Phi) is 8.89. The molecule has 9 heteroatoms. The molecule has 0 bridgehead atoms. The number of anilines is 2. The maximum Gasteiger partial charge on any atom is 0.141 e. The fraction of sp³-hybridized carbons (Fsp3) is 0.273. The number of furan rings is 1. The molecule has 42 heavy (non-hydrogen) atoms. The monoisotopic (exact) mass is 604 g/mol. The summed E-state index contributed by atoms with van der Waals surface area (Å²) in [7, 11) is 0. The number of benzene rings is 3. The summed E-state index contributed by atoms with van der Waals surface area (Å²) in [5.74, 6) is 3.14. The lowest BCUT2D eigenvalue weighted by molar-refractivity contribution is 0.306. The molecule has 2 N–H and O–H groups in total. The SMILES string of the molecule is Fc1cccc(COc2ccc(Nc3ncnc4ccc(-c5ccc(CNCC6CCCC(Cl)C6)o5)cc34)cc2Cl)c1. The maximum absolute atomic E-state index is 13.5. The van der Waals surface area contributed by atoms with E-state index in [0.717, 1.165) is 58.6 Å². The molecule has 3 aromatic carbocycles. The number of rotatable bonds is 10. The van der Waals surface area contributed by atoms with Gasteiger partial charge in [-0.3, -0.25) is 0 Å². The maximum atomic E-state index is 13.5. The molecule has 2 atom stereocenters. The highest BCUT2D eigenvalue weighted by Crippen LogP contribution is 2.33. The van der Waals surface area contributed by atoms with Gasteiger partial charge in [-0.15, -0.1) is 11.6 Å². The first-order chi connectivity index (χ1) is 20.5. The zero-order valence-electron chi connectivity index (χ0n) is 23.0. The molecular formula is C33H31Cl2FN4O2. The van der Waals surface area contributed by atoms with E-state index in [0.29, 0.717) is 34.4 Å². The van der Waals surface area contributed by atoms with Crippen LogP contribution in [0.3, 0.4) is 0 Å². The zero-order valence-corrected chi connectivity index (χ0v) is 24.5. The van der Waals surface area contributed by atoms with Crippen LogP contribution in [-0.2, 0) is 13.2 Å². The Bertz CT molecular complexity index is 1680. The molecule has 0 spiro atoms. The van der Waals surface area contributed by atoms with Gasteiger partial charge < -0.3 is 19.8 Å². The lowest BCUT2D eigenvalue weighted by Crippen LogP contribution is -2.27. The Morgan fingerprint density at radius 3 is 2.79 bits per heavy atom. The topological polar surface area (TPSA) is 72.2 Å². The molecule has 0 saturated heterocycles. The highest BCUT2D eigenvalue weighted by atomic mass is 35.5. The average molecular weight is 606 g/mol. The Morgan fingerprint density at radius 2 is 1.93 bits per heavy atom. The number of halogens is 3. The van der Waals surface area contributed by atoms with Gasteiger partial charge in [-0.2, -0.15) is 0 Å². The fourth-order valence-corrected chi connectivity index (χ4v) is 6.01. The highest BCUT2D eigenvalue weighted by molar-refractivity contribution is 6.32. The Balaban J connectivity index is 1.13. The van der Waals surface area contributed by atoms with Crippen LogP contribution in [0.2, 0.25) is 5.02 Å². The summed E-state index contributed by atoms with van der Waals surface area (Å²) in [6.45, 7) is 1.84. The van der Waals surface area contributed by atoms with E-state index >= 15 is 0 Å². The molecule has 0 radical (unpaired) electrons. The smallest absolute Gasteiger partial charge is 0.141 e. The van der Waals surface area contributed by atoms with Gasteiger partial charge in [0.2, 0.25) is 0 Å². The molecule has 2 aromatic heterocycles. The number of hydrogen-bond donors (Lipinski definition) is 2. The number of alkyl halides is 1. The molecule has 0 amide bonds. The van der Waals surface area contributed by atoms with Crippen LogP contribution in [0.25, 0.3) is 22.2 Å². The number of ether oxygens (including phenoxy) is 1. The van der Waals surface area contributed by atoms with Crippen LogP contribution in [-0.4, -0.2) is 21.9 Å². The van der Waals surface area contributed by atoms with Crippen LogP contribution >= 0.6 is 23.2 Å². The van der Waals surface area contributed by atoms with Crippen molar-refractivity contribution in [3.63, 3.8) is 0 Å². The molecule has 1 aliphatic carbocycles. The molecule has 0 aliphatic heterocycles. The predicted molar refractivity (Wildman–Crippen MR) is 166 cm³/mol. The van der Waals surface area contributed by atoms with Crippen LogP contribution in [0.4, 0.5) is 15.9 Å². The largest absolute Gasteiger partial charge is 0.487 e. The summed E-state index contributed by atoms with van der Waals surface area (Å²) < 4.78 is 25.5.